The number of rotatable bonds is 6. The van der Waals surface area contributed by atoms with Crippen LogP contribution in [0, 0.1) is 0 Å². The topological polar surface area (TPSA) is 21.3 Å². The molecule has 94 valence electrons. The van der Waals surface area contributed by atoms with Crippen LogP contribution in [-0.2, 0) is 17.9 Å². The molecular formula is C15H23NO. The van der Waals surface area contributed by atoms with Crippen molar-refractivity contribution in [2.75, 3.05) is 6.54 Å². The molecule has 1 aliphatic carbocycles. The molecule has 0 radical (unpaired) electrons. The highest BCUT2D eigenvalue weighted by Gasteiger charge is 2.14. The minimum atomic E-state index is 0.511. The first-order chi connectivity index (χ1) is 8.38. The molecule has 0 unspecified atom stereocenters. The largest absolute Gasteiger partial charge is 0.374 e. The Morgan fingerprint density at radius 1 is 1.12 bits per heavy atom. The van der Waals surface area contributed by atoms with E-state index >= 15 is 0 Å². The Labute approximate surface area is 104 Å². The number of ether oxygens (including phenoxy) is 1. The Balaban J connectivity index is 1.76. The van der Waals surface area contributed by atoms with Crippen LogP contribution in [0.5, 0.6) is 0 Å². The van der Waals surface area contributed by atoms with Gasteiger partial charge >= 0.3 is 0 Å². The van der Waals surface area contributed by atoms with E-state index in [9.17, 15) is 0 Å². The average Bonchev–Trinajstić information content (AvgIpc) is 2.88. The maximum atomic E-state index is 5.89. The Bertz CT molecular complexity index is 314. The molecule has 1 saturated carbocycles. The summed E-state index contributed by atoms with van der Waals surface area (Å²) in [6, 6.07) is 8.75. The van der Waals surface area contributed by atoms with Gasteiger partial charge in [0, 0.05) is 6.54 Å². The predicted molar refractivity (Wildman–Crippen MR) is 70.9 cm³/mol. The van der Waals surface area contributed by atoms with Crippen LogP contribution in [0.4, 0.5) is 0 Å². The third-order valence-corrected chi connectivity index (χ3v) is 3.39. The van der Waals surface area contributed by atoms with Crippen LogP contribution in [0.15, 0.2) is 24.3 Å². The van der Waals surface area contributed by atoms with Crippen LogP contribution in [0.2, 0.25) is 0 Å². The Kier molecular flexibility index (Phi) is 5.02. The van der Waals surface area contributed by atoms with E-state index in [-0.39, 0.29) is 0 Å². The van der Waals surface area contributed by atoms with Crippen molar-refractivity contribution < 1.29 is 4.74 Å². The van der Waals surface area contributed by atoms with Gasteiger partial charge in [0.1, 0.15) is 0 Å². The van der Waals surface area contributed by atoms with Crippen molar-refractivity contribution in [1.29, 1.82) is 0 Å². The van der Waals surface area contributed by atoms with Gasteiger partial charge in [-0.1, -0.05) is 44.0 Å². The summed E-state index contributed by atoms with van der Waals surface area (Å²) < 4.78 is 5.89. The second-order valence-corrected chi connectivity index (χ2v) is 4.81. The first-order valence-electron chi connectivity index (χ1n) is 6.78. The maximum absolute atomic E-state index is 5.89. The third-order valence-electron chi connectivity index (χ3n) is 3.39. The Morgan fingerprint density at radius 3 is 2.41 bits per heavy atom. The van der Waals surface area contributed by atoms with E-state index in [4.69, 9.17) is 4.74 Å². The van der Waals surface area contributed by atoms with Crippen molar-refractivity contribution in [2.24, 2.45) is 0 Å². The van der Waals surface area contributed by atoms with Gasteiger partial charge in [0.05, 0.1) is 12.7 Å². The summed E-state index contributed by atoms with van der Waals surface area (Å²) in [7, 11) is 0. The molecule has 0 saturated heterocycles. The molecule has 1 fully saturated rings. The molecule has 0 heterocycles. The summed E-state index contributed by atoms with van der Waals surface area (Å²) >= 11 is 0. The zero-order valence-electron chi connectivity index (χ0n) is 10.7. The van der Waals surface area contributed by atoms with Gasteiger partial charge in [-0.15, -0.1) is 0 Å². The number of hydrogen-bond acceptors (Lipinski definition) is 2. The first kappa shape index (κ1) is 12.6. The molecule has 1 aliphatic rings. The molecule has 2 heteroatoms. The highest BCUT2D eigenvalue weighted by Crippen LogP contribution is 2.22. The van der Waals surface area contributed by atoms with E-state index in [1.165, 1.54) is 36.8 Å². The molecule has 0 aliphatic heterocycles. The molecule has 1 aromatic carbocycles. The molecule has 17 heavy (non-hydrogen) atoms. The van der Waals surface area contributed by atoms with E-state index in [0.717, 1.165) is 19.7 Å². The number of nitrogens with one attached hydrogen (secondary N) is 1. The molecule has 0 bridgehead atoms. The summed E-state index contributed by atoms with van der Waals surface area (Å²) in [5.74, 6) is 0. The molecule has 0 atom stereocenters. The van der Waals surface area contributed by atoms with E-state index in [2.05, 4.69) is 36.5 Å². The average molecular weight is 233 g/mol. The smallest absolute Gasteiger partial charge is 0.0720 e. The summed E-state index contributed by atoms with van der Waals surface area (Å²) in [5.41, 5.74) is 2.63. The van der Waals surface area contributed by atoms with Crippen molar-refractivity contribution in [3.05, 3.63) is 35.4 Å². The lowest BCUT2D eigenvalue weighted by Gasteiger charge is -2.11. The second kappa shape index (κ2) is 6.77. The zero-order valence-corrected chi connectivity index (χ0v) is 10.7. The molecule has 0 aromatic heterocycles. The molecule has 1 aromatic rings. The maximum Gasteiger partial charge on any atom is 0.0720 e. The summed E-state index contributed by atoms with van der Waals surface area (Å²) in [5, 5.41) is 3.33. The van der Waals surface area contributed by atoms with Crippen LogP contribution in [0.3, 0.4) is 0 Å². The Morgan fingerprint density at radius 2 is 1.76 bits per heavy atom. The van der Waals surface area contributed by atoms with Gasteiger partial charge in [-0.05, 0) is 30.5 Å². The van der Waals surface area contributed by atoms with E-state index in [1.807, 2.05) is 0 Å². The summed E-state index contributed by atoms with van der Waals surface area (Å²) in [4.78, 5) is 0. The Hall–Kier alpha value is -0.860. The SMILES string of the molecule is CCNCc1ccc(COC2CCCC2)cc1. The van der Waals surface area contributed by atoms with Crippen LogP contribution in [-0.4, -0.2) is 12.6 Å². The second-order valence-electron chi connectivity index (χ2n) is 4.81. The molecule has 0 amide bonds. The molecule has 0 spiro atoms. The van der Waals surface area contributed by atoms with Crippen molar-refractivity contribution in [2.45, 2.75) is 51.9 Å². The van der Waals surface area contributed by atoms with Gasteiger partial charge in [0.15, 0.2) is 0 Å². The normalized spacial score (nSPS) is 16.5. The molecule has 1 N–H and O–H groups in total. The minimum Gasteiger partial charge on any atom is -0.374 e. The fourth-order valence-electron chi connectivity index (χ4n) is 2.29. The number of benzene rings is 1. The van der Waals surface area contributed by atoms with E-state index in [1.54, 1.807) is 0 Å². The first-order valence-corrected chi connectivity index (χ1v) is 6.78. The predicted octanol–water partition coefficient (Wildman–Crippen LogP) is 3.26. The van der Waals surface area contributed by atoms with E-state index < -0.39 is 0 Å². The quantitative estimate of drug-likeness (QED) is 0.814. The van der Waals surface area contributed by atoms with Gasteiger partial charge in [-0.2, -0.15) is 0 Å². The molecule has 2 rings (SSSR count). The highest BCUT2D eigenvalue weighted by molar-refractivity contribution is 5.21. The summed E-state index contributed by atoms with van der Waals surface area (Å²) in [6.45, 7) is 4.88. The van der Waals surface area contributed by atoms with Gasteiger partial charge in [-0.25, -0.2) is 0 Å². The van der Waals surface area contributed by atoms with Gasteiger partial charge in [-0.3, -0.25) is 0 Å². The molecular weight excluding hydrogens is 210 g/mol. The third kappa shape index (κ3) is 4.14. The molecule has 2 nitrogen and oxygen atoms in total. The lowest BCUT2D eigenvalue weighted by molar-refractivity contribution is 0.0457. The zero-order chi connectivity index (χ0) is 11.9. The van der Waals surface area contributed by atoms with Crippen LogP contribution in [0.1, 0.15) is 43.7 Å². The van der Waals surface area contributed by atoms with Gasteiger partial charge in [0.25, 0.3) is 0 Å². The van der Waals surface area contributed by atoms with Crippen LogP contribution in [0.25, 0.3) is 0 Å². The van der Waals surface area contributed by atoms with Gasteiger partial charge in [0.2, 0.25) is 0 Å². The van der Waals surface area contributed by atoms with Gasteiger partial charge < -0.3 is 10.1 Å². The lowest BCUT2D eigenvalue weighted by atomic mass is 10.1. The van der Waals surface area contributed by atoms with Crippen LogP contribution >= 0.6 is 0 Å². The van der Waals surface area contributed by atoms with Crippen molar-refractivity contribution in [3.63, 3.8) is 0 Å². The van der Waals surface area contributed by atoms with Crippen molar-refractivity contribution in [3.8, 4) is 0 Å². The monoisotopic (exact) mass is 233 g/mol. The fourth-order valence-corrected chi connectivity index (χ4v) is 2.29. The summed E-state index contributed by atoms with van der Waals surface area (Å²) in [6.07, 6.45) is 5.69. The lowest BCUT2D eigenvalue weighted by Crippen LogP contribution is -2.11. The van der Waals surface area contributed by atoms with Crippen molar-refractivity contribution >= 4 is 0 Å². The van der Waals surface area contributed by atoms with Crippen LogP contribution < -0.4 is 5.32 Å². The number of hydrogen-bond donors (Lipinski definition) is 1. The minimum absolute atomic E-state index is 0.511. The standard InChI is InChI=1S/C15H23NO/c1-2-16-11-13-7-9-14(10-8-13)12-17-15-5-3-4-6-15/h7-10,15-16H,2-6,11-12H2,1H3. The highest BCUT2D eigenvalue weighted by atomic mass is 16.5. The fraction of sp³-hybridized carbons (Fsp3) is 0.600. The van der Waals surface area contributed by atoms with Crippen molar-refractivity contribution in [1.82, 2.24) is 5.32 Å². The van der Waals surface area contributed by atoms with E-state index in [0.29, 0.717) is 6.10 Å².